The van der Waals surface area contributed by atoms with Crippen LogP contribution < -0.4 is 5.43 Å². The van der Waals surface area contributed by atoms with E-state index >= 15 is 0 Å². The monoisotopic (exact) mass is 332 g/mol. The first-order valence-electron chi connectivity index (χ1n) is 5.96. The lowest BCUT2D eigenvalue weighted by Crippen LogP contribution is -2.01. The van der Waals surface area contributed by atoms with Crippen molar-refractivity contribution in [3.63, 3.8) is 0 Å². The van der Waals surface area contributed by atoms with E-state index in [4.69, 9.17) is 5.11 Å². The third kappa shape index (κ3) is 3.45. The number of aromatic carboxylic acids is 1. The van der Waals surface area contributed by atoms with E-state index in [0.717, 1.165) is 21.4 Å². The Labute approximate surface area is 125 Å². The molecule has 0 heterocycles. The summed E-state index contributed by atoms with van der Waals surface area (Å²) in [5.74, 6) is -0.940. The third-order valence-corrected chi connectivity index (χ3v) is 3.44. The van der Waals surface area contributed by atoms with Gasteiger partial charge in [0.1, 0.15) is 0 Å². The number of carbonyl (C=O) groups is 1. The molecule has 2 aromatic rings. The van der Waals surface area contributed by atoms with Gasteiger partial charge in [-0.1, -0.05) is 34.1 Å². The van der Waals surface area contributed by atoms with E-state index in [-0.39, 0.29) is 5.56 Å². The molecule has 0 aliphatic rings. The Balaban J connectivity index is 2.13. The first-order valence-corrected chi connectivity index (χ1v) is 6.76. The number of hydrogen-bond acceptors (Lipinski definition) is 3. The largest absolute Gasteiger partial charge is 0.478 e. The second-order valence-electron chi connectivity index (χ2n) is 4.17. The number of hydrazone groups is 1. The minimum absolute atomic E-state index is 0.252. The summed E-state index contributed by atoms with van der Waals surface area (Å²) in [6.45, 7) is 1.90. The molecule has 0 spiro atoms. The Kier molecular flexibility index (Phi) is 4.53. The lowest BCUT2D eigenvalue weighted by Gasteiger charge is -2.05. The molecule has 0 unspecified atom stereocenters. The van der Waals surface area contributed by atoms with Crippen LogP contribution in [0.4, 0.5) is 5.69 Å². The average molecular weight is 333 g/mol. The van der Waals surface area contributed by atoms with Crippen molar-refractivity contribution >= 4 is 33.3 Å². The number of nitrogens with zero attached hydrogens (tertiary/aromatic N) is 1. The Hall–Kier alpha value is -2.14. The van der Waals surface area contributed by atoms with Crippen LogP contribution in [0.15, 0.2) is 58.1 Å². The van der Waals surface area contributed by atoms with E-state index in [2.05, 4.69) is 26.5 Å². The van der Waals surface area contributed by atoms with Crippen LogP contribution in [0.3, 0.4) is 0 Å². The van der Waals surface area contributed by atoms with Gasteiger partial charge in [0.2, 0.25) is 0 Å². The highest BCUT2D eigenvalue weighted by Gasteiger charge is 2.03. The molecule has 0 fully saturated rings. The highest BCUT2D eigenvalue weighted by atomic mass is 79.9. The molecule has 4 nitrogen and oxygen atoms in total. The Morgan fingerprint density at radius 2 is 1.80 bits per heavy atom. The van der Waals surface area contributed by atoms with Gasteiger partial charge in [-0.05, 0) is 37.3 Å². The molecule has 0 aliphatic heterocycles. The average Bonchev–Trinajstić information content (AvgIpc) is 2.45. The van der Waals surface area contributed by atoms with Crippen LogP contribution >= 0.6 is 15.9 Å². The van der Waals surface area contributed by atoms with E-state index in [0.29, 0.717) is 0 Å². The number of carboxylic acids is 1. The number of rotatable bonds is 4. The summed E-state index contributed by atoms with van der Waals surface area (Å²) in [5, 5.41) is 13.1. The van der Waals surface area contributed by atoms with Crippen molar-refractivity contribution < 1.29 is 9.90 Å². The van der Waals surface area contributed by atoms with Crippen LogP contribution in [0.1, 0.15) is 22.8 Å². The highest BCUT2D eigenvalue weighted by Crippen LogP contribution is 2.17. The van der Waals surface area contributed by atoms with Gasteiger partial charge in [0.05, 0.1) is 17.0 Å². The number of carboxylic acid groups (broad SMARTS) is 1. The van der Waals surface area contributed by atoms with Gasteiger partial charge in [-0.25, -0.2) is 4.79 Å². The van der Waals surface area contributed by atoms with Gasteiger partial charge in [-0.3, -0.25) is 5.43 Å². The minimum atomic E-state index is -0.940. The summed E-state index contributed by atoms with van der Waals surface area (Å²) in [7, 11) is 0. The molecule has 0 radical (unpaired) electrons. The van der Waals surface area contributed by atoms with Crippen LogP contribution in [0, 0.1) is 0 Å². The summed E-state index contributed by atoms with van der Waals surface area (Å²) >= 11 is 3.47. The van der Waals surface area contributed by atoms with E-state index in [1.807, 2.05) is 31.2 Å². The molecule has 2 N–H and O–H groups in total. The molecular weight excluding hydrogens is 320 g/mol. The van der Waals surface area contributed by atoms with Gasteiger partial charge in [0, 0.05) is 10.0 Å². The predicted molar refractivity (Wildman–Crippen MR) is 83.4 cm³/mol. The molecule has 20 heavy (non-hydrogen) atoms. The van der Waals surface area contributed by atoms with Crippen molar-refractivity contribution in [3.05, 3.63) is 64.1 Å². The van der Waals surface area contributed by atoms with Gasteiger partial charge < -0.3 is 5.11 Å². The maximum Gasteiger partial charge on any atom is 0.335 e. The SMILES string of the molecule is CC(=NNc1ccc(C(=O)O)cc1)c1ccccc1Br. The lowest BCUT2D eigenvalue weighted by atomic mass is 10.1. The minimum Gasteiger partial charge on any atom is -0.478 e. The first kappa shape index (κ1) is 14.3. The zero-order chi connectivity index (χ0) is 14.5. The second-order valence-corrected chi connectivity index (χ2v) is 5.03. The van der Waals surface area contributed by atoms with Crippen molar-refractivity contribution in [2.24, 2.45) is 5.10 Å². The van der Waals surface area contributed by atoms with E-state index in [9.17, 15) is 4.79 Å². The smallest absolute Gasteiger partial charge is 0.335 e. The Morgan fingerprint density at radius 3 is 2.40 bits per heavy atom. The van der Waals surface area contributed by atoms with Crippen molar-refractivity contribution in [1.82, 2.24) is 0 Å². The fraction of sp³-hybridized carbons (Fsp3) is 0.0667. The molecule has 5 heteroatoms. The Bertz CT molecular complexity index is 651. The molecule has 0 aromatic heterocycles. The van der Waals surface area contributed by atoms with Crippen molar-refractivity contribution in [2.45, 2.75) is 6.92 Å². The molecule has 2 aromatic carbocycles. The van der Waals surface area contributed by atoms with Crippen LogP contribution in [-0.2, 0) is 0 Å². The normalized spacial score (nSPS) is 11.2. The zero-order valence-electron chi connectivity index (χ0n) is 10.8. The topological polar surface area (TPSA) is 61.7 Å². The predicted octanol–water partition coefficient (Wildman–Crippen LogP) is 3.98. The number of anilines is 1. The van der Waals surface area contributed by atoms with Gasteiger partial charge >= 0.3 is 5.97 Å². The van der Waals surface area contributed by atoms with E-state index in [1.54, 1.807) is 12.1 Å². The van der Waals surface area contributed by atoms with Gasteiger partial charge in [0.15, 0.2) is 0 Å². The highest BCUT2D eigenvalue weighted by molar-refractivity contribution is 9.10. The molecule has 2 rings (SSSR count). The van der Waals surface area contributed by atoms with Gasteiger partial charge in [-0.2, -0.15) is 5.10 Å². The molecule has 102 valence electrons. The summed E-state index contributed by atoms with van der Waals surface area (Å²) in [4.78, 5) is 10.7. The quantitative estimate of drug-likeness (QED) is 0.657. The fourth-order valence-electron chi connectivity index (χ4n) is 1.65. The molecule has 0 saturated heterocycles. The molecule has 0 aliphatic carbocycles. The number of hydrogen-bond donors (Lipinski definition) is 2. The number of nitrogens with one attached hydrogen (secondary N) is 1. The van der Waals surface area contributed by atoms with Crippen molar-refractivity contribution in [2.75, 3.05) is 5.43 Å². The van der Waals surface area contributed by atoms with Crippen LogP contribution in [0.2, 0.25) is 0 Å². The molecule has 0 saturated carbocycles. The maximum atomic E-state index is 10.7. The second kappa shape index (κ2) is 6.34. The number of benzene rings is 2. The van der Waals surface area contributed by atoms with Crippen LogP contribution in [-0.4, -0.2) is 16.8 Å². The molecule has 0 bridgehead atoms. The summed E-state index contributed by atoms with van der Waals surface area (Å²) in [5.41, 5.74) is 5.73. The van der Waals surface area contributed by atoms with E-state index in [1.165, 1.54) is 12.1 Å². The van der Waals surface area contributed by atoms with E-state index < -0.39 is 5.97 Å². The van der Waals surface area contributed by atoms with Crippen molar-refractivity contribution in [3.8, 4) is 0 Å². The van der Waals surface area contributed by atoms with Crippen LogP contribution in [0.5, 0.6) is 0 Å². The zero-order valence-corrected chi connectivity index (χ0v) is 12.4. The summed E-state index contributed by atoms with van der Waals surface area (Å²) in [6, 6.07) is 14.2. The molecule has 0 amide bonds. The van der Waals surface area contributed by atoms with Gasteiger partial charge in [-0.15, -0.1) is 0 Å². The standard InChI is InChI=1S/C15H13BrN2O2/c1-10(13-4-2-3-5-14(13)16)17-18-12-8-6-11(7-9-12)15(19)20/h2-9,18H,1H3,(H,19,20). The first-order chi connectivity index (χ1) is 9.58. The maximum absolute atomic E-state index is 10.7. The molecular formula is C15H13BrN2O2. The lowest BCUT2D eigenvalue weighted by molar-refractivity contribution is 0.0697. The summed E-state index contributed by atoms with van der Waals surface area (Å²) in [6.07, 6.45) is 0. The molecule has 0 atom stereocenters. The van der Waals surface area contributed by atoms with Gasteiger partial charge in [0.25, 0.3) is 0 Å². The Morgan fingerprint density at radius 1 is 1.15 bits per heavy atom. The van der Waals surface area contributed by atoms with Crippen LogP contribution in [0.25, 0.3) is 0 Å². The third-order valence-electron chi connectivity index (χ3n) is 2.75. The number of halogens is 1. The van der Waals surface area contributed by atoms with Crippen molar-refractivity contribution in [1.29, 1.82) is 0 Å². The summed E-state index contributed by atoms with van der Waals surface area (Å²) < 4.78 is 0.976. The fourth-order valence-corrected chi connectivity index (χ4v) is 2.22.